The van der Waals surface area contributed by atoms with Gasteiger partial charge in [0, 0.05) is 11.6 Å². The number of hydrogen-bond acceptors (Lipinski definition) is 3. The van der Waals surface area contributed by atoms with E-state index in [1.807, 2.05) is 0 Å². The summed E-state index contributed by atoms with van der Waals surface area (Å²) in [6.07, 6.45) is 2.87. The molecule has 3 rings (SSSR count). The molecule has 6 nitrogen and oxygen atoms in total. The summed E-state index contributed by atoms with van der Waals surface area (Å²) >= 11 is 6.13. The van der Waals surface area contributed by atoms with Gasteiger partial charge in [-0.2, -0.15) is 0 Å². The Hall–Kier alpha value is -2.08. The molecule has 25 heavy (non-hydrogen) atoms. The van der Waals surface area contributed by atoms with Crippen LogP contribution in [0.25, 0.3) is 0 Å². The molecule has 0 aliphatic heterocycles. The number of benzene rings is 1. The number of nitrogens with one attached hydrogen (secondary N) is 2. The van der Waals surface area contributed by atoms with Gasteiger partial charge in [-0.25, -0.2) is 0 Å². The Bertz CT molecular complexity index is 743. The fourth-order valence-corrected chi connectivity index (χ4v) is 3.58. The van der Waals surface area contributed by atoms with Crippen molar-refractivity contribution in [1.29, 1.82) is 0 Å². The van der Waals surface area contributed by atoms with Gasteiger partial charge in [0.2, 0.25) is 11.8 Å². The minimum Gasteiger partial charge on any atom is -0.481 e. The van der Waals surface area contributed by atoms with E-state index in [2.05, 4.69) is 10.6 Å². The molecule has 2 aliphatic carbocycles. The summed E-state index contributed by atoms with van der Waals surface area (Å²) in [5.74, 6) is -2.63. The van der Waals surface area contributed by atoms with E-state index in [-0.39, 0.29) is 17.7 Å². The number of rotatable bonds is 5. The molecule has 0 bridgehead atoms. The first-order valence-electron chi connectivity index (χ1n) is 8.36. The number of carbonyl (C=O) groups is 3. The zero-order valence-electron chi connectivity index (χ0n) is 14.1. The Morgan fingerprint density at radius 2 is 1.80 bits per heavy atom. The number of hydrogen-bond donors (Lipinski definition) is 3. The first-order chi connectivity index (χ1) is 11.7. The zero-order chi connectivity index (χ0) is 18.4. The lowest BCUT2D eigenvalue weighted by atomic mass is 9.85. The summed E-state index contributed by atoms with van der Waals surface area (Å²) in [7, 11) is 0. The minimum absolute atomic E-state index is 0.0277. The van der Waals surface area contributed by atoms with Gasteiger partial charge in [0.25, 0.3) is 0 Å². The second-order valence-corrected chi connectivity index (χ2v) is 7.82. The topological polar surface area (TPSA) is 95.5 Å². The molecule has 2 unspecified atom stereocenters. The highest BCUT2D eigenvalue weighted by atomic mass is 35.5. The molecular weight excluding hydrogens is 344 g/mol. The minimum atomic E-state index is -0.974. The van der Waals surface area contributed by atoms with E-state index in [4.69, 9.17) is 11.6 Å². The Kier molecular flexibility index (Phi) is 4.49. The standard InChI is InChI=1S/C18H21ClN2O4/c1-18(2)13(14(18)17(24)25)16(23)21-12-8-10(6-7-11(12)19)20-15(22)9-4-3-5-9/h6-9,13-14H,3-5H2,1-2H3,(H,20,22)(H,21,23)(H,24,25). The van der Waals surface area contributed by atoms with Crippen molar-refractivity contribution in [2.75, 3.05) is 10.6 Å². The van der Waals surface area contributed by atoms with Crippen LogP contribution in [0, 0.1) is 23.2 Å². The van der Waals surface area contributed by atoms with Crippen molar-refractivity contribution in [3.05, 3.63) is 23.2 Å². The Morgan fingerprint density at radius 3 is 2.32 bits per heavy atom. The number of carboxylic acids is 1. The monoisotopic (exact) mass is 364 g/mol. The Labute approximate surface area is 150 Å². The lowest BCUT2D eigenvalue weighted by Crippen LogP contribution is -2.28. The summed E-state index contributed by atoms with van der Waals surface area (Å²) < 4.78 is 0. The van der Waals surface area contributed by atoms with Gasteiger partial charge in [0.15, 0.2) is 0 Å². The van der Waals surface area contributed by atoms with Crippen LogP contribution >= 0.6 is 11.6 Å². The van der Waals surface area contributed by atoms with Crippen LogP contribution in [0.3, 0.4) is 0 Å². The first-order valence-corrected chi connectivity index (χ1v) is 8.73. The molecule has 2 atom stereocenters. The molecule has 1 aromatic carbocycles. The summed E-state index contributed by atoms with van der Waals surface area (Å²) in [6.45, 7) is 3.51. The van der Waals surface area contributed by atoms with E-state index in [0.717, 1.165) is 19.3 Å². The van der Waals surface area contributed by atoms with Crippen molar-refractivity contribution in [2.24, 2.45) is 23.2 Å². The van der Waals surface area contributed by atoms with E-state index in [0.29, 0.717) is 16.4 Å². The highest BCUT2D eigenvalue weighted by Crippen LogP contribution is 2.58. The smallest absolute Gasteiger partial charge is 0.307 e. The molecule has 0 saturated heterocycles. The molecule has 1 aromatic rings. The third-order valence-electron chi connectivity index (χ3n) is 5.34. The van der Waals surface area contributed by atoms with Gasteiger partial charge in [-0.05, 0) is 36.5 Å². The van der Waals surface area contributed by atoms with Gasteiger partial charge in [-0.1, -0.05) is 31.9 Å². The van der Waals surface area contributed by atoms with Gasteiger partial charge in [0.1, 0.15) is 0 Å². The number of carbonyl (C=O) groups excluding carboxylic acids is 2. The molecule has 0 heterocycles. The second kappa shape index (κ2) is 6.33. The molecule has 2 fully saturated rings. The van der Waals surface area contributed by atoms with E-state index < -0.39 is 23.2 Å². The highest BCUT2D eigenvalue weighted by Gasteiger charge is 2.65. The van der Waals surface area contributed by atoms with Crippen molar-refractivity contribution in [2.45, 2.75) is 33.1 Å². The van der Waals surface area contributed by atoms with Crippen molar-refractivity contribution in [3.8, 4) is 0 Å². The third kappa shape index (κ3) is 3.35. The Balaban J connectivity index is 1.70. The zero-order valence-corrected chi connectivity index (χ0v) is 14.9. The number of aliphatic carboxylic acids is 1. The van der Waals surface area contributed by atoms with Crippen molar-refractivity contribution >= 4 is 40.8 Å². The first kappa shape index (κ1) is 17.7. The number of halogens is 1. The second-order valence-electron chi connectivity index (χ2n) is 7.42. The van der Waals surface area contributed by atoms with Crippen LogP contribution < -0.4 is 10.6 Å². The molecule has 2 aliphatic rings. The summed E-state index contributed by atoms with van der Waals surface area (Å²) in [4.78, 5) is 35.7. The maximum absolute atomic E-state index is 12.4. The summed E-state index contributed by atoms with van der Waals surface area (Å²) in [5.41, 5.74) is 0.338. The third-order valence-corrected chi connectivity index (χ3v) is 5.67. The van der Waals surface area contributed by atoms with E-state index in [1.165, 1.54) is 0 Å². The van der Waals surface area contributed by atoms with Gasteiger partial charge >= 0.3 is 5.97 Å². The molecule has 3 N–H and O–H groups in total. The van der Waals surface area contributed by atoms with E-state index in [9.17, 15) is 19.5 Å². The van der Waals surface area contributed by atoms with Gasteiger partial charge < -0.3 is 15.7 Å². The van der Waals surface area contributed by atoms with E-state index >= 15 is 0 Å². The molecule has 0 aromatic heterocycles. The van der Waals surface area contributed by atoms with Crippen molar-refractivity contribution in [1.82, 2.24) is 0 Å². The van der Waals surface area contributed by atoms with E-state index in [1.54, 1.807) is 32.0 Å². The maximum atomic E-state index is 12.4. The molecule has 0 spiro atoms. The van der Waals surface area contributed by atoms with Crippen LogP contribution in [0.1, 0.15) is 33.1 Å². The SMILES string of the molecule is CC1(C)C(C(=O)O)C1C(=O)Nc1cc(NC(=O)C2CCC2)ccc1Cl. The number of amides is 2. The predicted molar refractivity (Wildman–Crippen MR) is 94.4 cm³/mol. The fourth-order valence-electron chi connectivity index (χ4n) is 3.41. The molecule has 2 saturated carbocycles. The van der Waals surface area contributed by atoms with Crippen LogP contribution in [0.2, 0.25) is 5.02 Å². The number of carboxylic acid groups (broad SMARTS) is 1. The molecule has 7 heteroatoms. The molecular formula is C18H21ClN2O4. The average Bonchev–Trinajstić information content (AvgIpc) is 3.03. The molecule has 0 radical (unpaired) electrons. The fraction of sp³-hybridized carbons (Fsp3) is 0.500. The summed E-state index contributed by atoms with van der Waals surface area (Å²) in [6, 6.07) is 4.87. The largest absolute Gasteiger partial charge is 0.481 e. The van der Waals surface area contributed by atoms with Crippen LogP contribution in [-0.4, -0.2) is 22.9 Å². The van der Waals surface area contributed by atoms with Crippen LogP contribution in [0.15, 0.2) is 18.2 Å². The van der Waals surface area contributed by atoms with Gasteiger partial charge in [-0.15, -0.1) is 0 Å². The molecule has 134 valence electrons. The number of anilines is 2. The predicted octanol–water partition coefficient (Wildman–Crippen LogP) is 3.37. The summed E-state index contributed by atoms with van der Waals surface area (Å²) in [5, 5.41) is 15.1. The Morgan fingerprint density at radius 1 is 1.12 bits per heavy atom. The lowest BCUT2D eigenvalue weighted by molar-refractivity contribution is -0.140. The molecule has 2 amide bonds. The highest BCUT2D eigenvalue weighted by molar-refractivity contribution is 6.34. The van der Waals surface area contributed by atoms with Gasteiger partial charge in [-0.3, -0.25) is 14.4 Å². The lowest BCUT2D eigenvalue weighted by Gasteiger charge is -2.24. The van der Waals surface area contributed by atoms with Crippen LogP contribution in [0.4, 0.5) is 11.4 Å². The van der Waals surface area contributed by atoms with Gasteiger partial charge in [0.05, 0.1) is 22.5 Å². The average molecular weight is 365 g/mol. The quantitative estimate of drug-likeness (QED) is 0.746. The van der Waals surface area contributed by atoms with Crippen LogP contribution in [-0.2, 0) is 14.4 Å². The van der Waals surface area contributed by atoms with Crippen molar-refractivity contribution in [3.63, 3.8) is 0 Å². The normalized spacial score (nSPS) is 24.1. The van der Waals surface area contributed by atoms with Crippen LogP contribution in [0.5, 0.6) is 0 Å². The van der Waals surface area contributed by atoms with Crippen molar-refractivity contribution < 1.29 is 19.5 Å². The maximum Gasteiger partial charge on any atom is 0.307 e.